The first-order valence-electron chi connectivity index (χ1n) is 10.5. The van der Waals surface area contributed by atoms with Gasteiger partial charge in [-0.15, -0.1) is 0 Å². The van der Waals surface area contributed by atoms with Gasteiger partial charge in [0.15, 0.2) is 0 Å². The summed E-state index contributed by atoms with van der Waals surface area (Å²) in [6.07, 6.45) is 1.76. The SMILES string of the molecule is CC[NH+](CC)CCOC(=O)c1ccc(NC(=O)Cc2coc3cc(OC)ccc23)cc1. The van der Waals surface area contributed by atoms with Crippen LogP contribution in [0.2, 0.25) is 0 Å². The van der Waals surface area contributed by atoms with Crippen molar-refractivity contribution in [3.05, 3.63) is 59.9 Å². The lowest BCUT2D eigenvalue weighted by atomic mass is 10.1. The molecule has 7 heteroatoms. The standard InChI is InChI=1S/C24H28N2O5/c1-4-26(5-2)12-13-30-24(28)17-6-8-19(9-7-17)25-23(27)14-18-16-31-22-15-20(29-3)10-11-21(18)22/h6-11,15-16H,4-5,12-14H2,1-3H3,(H,25,27)/p+1. The molecule has 2 N–H and O–H groups in total. The van der Waals surface area contributed by atoms with Gasteiger partial charge in [0.05, 0.1) is 38.4 Å². The number of rotatable bonds is 10. The van der Waals surface area contributed by atoms with Gasteiger partial charge in [-0.05, 0) is 50.2 Å². The minimum absolute atomic E-state index is 0.170. The van der Waals surface area contributed by atoms with Crippen LogP contribution in [0, 0.1) is 0 Å². The fourth-order valence-corrected chi connectivity index (χ4v) is 3.37. The molecule has 0 fully saturated rings. The third-order valence-electron chi connectivity index (χ3n) is 5.31. The van der Waals surface area contributed by atoms with Crippen LogP contribution in [0.5, 0.6) is 5.75 Å². The number of quaternary nitrogens is 1. The molecule has 0 radical (unpaired) electrons. The number of furan rings is 1. The van der Waals surface area contributed by atoms with Crippen molar-refractivity contribution in [1.82, 2.24) is 0 Å². The van der Waals surface area contributed by atoms with Crippen molar-refractivity contribution in [2.75, 3.05) is 38.7 Å². The number of anilines is 1. The van der Waals surface area contributed by atoms with Gasteiger partial charge in [-0.3, -0.25) is 4.79 Å². The van der Waals surface area contributed by atoms with Gasteiger partial charge in [-0.1, -0.05) is 0 Å². The van der Waals surface area contributed by atoms with Gasteiger partial charge in [-0.2, -0.15) is 0 Å². The fraction of sp³-hybridized carbons (Fsp3) is 0.333. The summed E-state index contributed by atoms with van der Waals surface area (Å²) in [6, 6.07) is 12.2. The highest BCUT2D eigenvalue weighted by Gasteiger charge is 2.13. The molecule has 0 saturated heterocycles. The molecule has 2 aromatic carbocycles. The average Bonchev–Trinajstić information content (AvgIpc) is 3.18. The third-order valence-corrected chi connectivity index (χ3v) is 5.31. The monoisotopic (exact) mass is 425 g/mol. The number of hydrogen-bond donors (Lipinski definition) is 2. The molecule has 0 aliphatic heterocycles. The van der Waals surface area contributed by atoms with Crippen LogP contribution in [0.3, 0.4) is 0 Å². The quantitative estimate of drug-likeness (QED) is 0.488. The Balaban J connectivity index is 1.53. The van der Waals surface area contributed by atoms with Gasteiger partial charge in [0.25, 0.3) is 0 Å². The third kappa shape index (κ3) is 5.86. The second kappa shape index (κ2) is 10.6. The molecule has 1 amide bonds. The van der Waals surface area contributed by atoms with Gasteiger partial charge < -0.3 is 24.1 Å². The zero-order chi connectivity index (χ0) is 22.2. The largest absolute Gasteiger partial charge is 0.497 e. The summed E-state index contributed by atoms with van der Waals surface area (Å²) < 4.78 is 16.1. The van der Waals surface area contributed by atoms with Gasteiger partial charge in [0.2, 0.25) is 5.91 Å². The second-order valence-corrected chi connectivity index (χ2v) is 7.27. The molecule has 0 aliphatic rings. The van der Waals surface area contributed by atoms with Crippen molar-refractivity contribution < 1.29 is 28.4 Å². The first kappa shape index (κ1) is 22.4. The van der Waals surface area contributed by atoms with Crippen LogP contribution in [0.1, 0.15) is 29.8 Å². The Hall–Kier alpha value is -3.32. The van der Waals surface area contributed by atoms with Crippen LogP contribution >= 0.6 is 0 Å². The number of fused-ring (bicyclic) bond motifs is 1. The Morgan fingerprint density at radius 1 is 1.06 bits per heavy atom. The molecular weight excluding hydrogens is 396 g/mol. The first-order valence-corrected chi connectivity index (χ1v) is 10.5. The maximum atomic E-state index is 12.5. The van der Waals surface area contributed by atoms with E-state index in [-0.39, 0.29) is 18.3 Å². The van der Waals surface area contributed by atoms with E-state index >= 15 is 0 Å². The number of nitrogens with one attached hydrogen (secondary N) is 2. The Bertz CT molecular complexity index is 1020. The summed E-state index contributed by atoms with van der Waals surface area (Å²) in [5.41, 5.74) is 2.55. The lowest BCUT2D eigenvalue weighted by Gasteiger charge is -2.15. The average molecular weight is 426 g/mol. The molecule has 0 atom stereocenters. The highest BCUT2D eigenvalue weighted by molar-refractivity contribution is 5.96. The van der Waals surface area contributed by atoms with Crippen LogP contribution in [-0.2, 0) is 16.0 Å². The number of hydrogen-bond acceptors (Lipinski definition) is 5. The van der Waals surface area contributed by atoms with Crippen molar-refractivity contribution >= 4 is 28.5 Å². The first-order chi connectivity index (χ1) is 15.0. The molecule has 3 rings (SSSR count). The van der Waals surface area contributed by atoms with Crippen LogP contribution in [0.15, 0.2) is 53.1 Å². The minimum atomic E-state index is -0.357. The van der Waals surface area contributed by atoms with Gasteiger partial charge in [0, 0.05) is 22.7 Å². The fourth-order valence-electron chi connectivity index (χ4n) is 3.37. The Morgan fingerprint density at radius 2 is 1.81 bits per heavy atom. The molecule has 1 heterocycles. The molecule has 7 nitrogen and oxygen atoms in total. The van der Waals surface area contributed by atoms with Crippen molar-refractivity contribution in [2.24, 2.45) is 0 Å². The van der Waals surface area contributed by atoms with Gasteiger partial charge >= 0.3 is 5.97 Å². The van der Waals surface area contributed by atoms with Crippen molar-refractivity contribution in [3.63, 3.8) is 0 Å². The molecule has 0 spiro atoms. The lowest BCUT2D eigenvalue weighted by molar-refractivity contribution is -0.896. The van der Waals surface area contributed by atoms with E-state index in [1.807, 2.05) is 12.1 Å². The van der Waals surface area contributed by atoms with E-state index in [0.29, 0.717) is 29.2 Å². The second-order valence-electron chi connectivity index (χ2n) is 7.27. The van der Waals surface area contributed by atoms with Crippen molar-refractivity contribution in [2.45, 2.75) is 20.3 Å². The summed E-state index contributed by atoms with van der Waals surface area (Å²) in [7, 11) is 1.59. The summed E-state index contributed by atoms with van der Waals surface area (Å²) >= 11 is 0. The normalized spacial score (nSPS) is 11.0. The maximum Gasteiger partial charge on any atom is 0.338 e. The van der Waals surface area contributed by atoms with Crippen molar-refractivity contribution in [3.8, 4) is 5.75 Å². The van der Waals surface area contributed by atoms with E-state index in [1.165, 1.54) is 4.90 Å². The summed E-state index contributed by atoms with van der Waals surface area (Å²) in [5.74, 6) is 0.173. The van der Waals surface area contributed by atoms with E-state index < -0.39 is 0 Å². The molecule has 0 bridgehead atoms. The predicted molar refractivity (Wildman–Crippen MR) is 119 cm³/mol. The number of amides is 1. The summed E-state index contributed by atoms with van der Waals surface area (Å²) in [6.45, 7) is 7.41. The van der Waals surface area contributed by atoms with Crippen molar-refractivity contribution in [1.29, 1.82) is 0 Å². The number of esters is 1. The topological polar surface area (TPSA) is 82.2 Å². The number of methoxy groups -OCH3 is 1. The van der Waals surface area contributed by atoms with E-state index in [0.717, 1.165) is 30.6 Å². The van der Waals surface area contributed by atoms with E-state index in [9.17, 15) is 9.59 Å². The van der Waals surface area contributed by atoms with E-state index in [4.69, 9.17) is 13.9 Å². The molecule has 31 heavy (non-hydrogen) atoms. The van der Waals surface area contributed by atoms with E-state index in [1.54, 1.807) is 43.7 Å². The van der Waals surface area contributed by atoms with E-state index in [2.05, 4.69) is 19.2 Å². The molecule has 164 valence electrons. The highest BCUT2D eigenvalue weighted by atomic mass is 16.5. The molecule has 3 aromatic rings. The Labute approximate surface area is 181 Å². The maximum absolute atomic E-state index is 12.5. The van der Waals surface area contributed by atoms with Crippen LogP contribution in [0.25, 0.3) is 11.0 Å². The summed E-state index contributed by atoms with van der Waals surface area (Å²) in [4.78, 5) is 26.0. The molecular formula is C24H29N2O5+. The van der Waals surface area contributed by atoms with Crippen LogP contribution < -0.4 is 15.0 Å². The number of ether oxygens (including phenoxy) is 2. The minimum Gasteiger partial charge on any atom is -0.497 e. The Morgan fingerprint density at radius 3 is 2.48 bits per heavy atom. The van der Waals surface area contributed by atoms with Gasteiger partial charge in [-0.25, -0.2) is 4.79 Å². The molecule has 1 aromatic heterocycles. The molecule has 0 unspecified atom stereocenters. The van der Waals surface area contributed by atoms with Crippen LogP contribution in [-0.4, -0.2) is 45.2 Å². The smallest absolute Gasteiger partial charge is 0.338 e. The zero-order valence-electron chi connectivity index (χ0n) is 18.2. The number of likely N-dealkylation sites (N-methyl/N-ethyl adjacent to an activating group) is 1. The zero-order valence-corrected chi connectivity index (χ0v) is 18.2. The van der Waals surface area contributed by atoms with Crippen LogP contribution in [0.4, 0.5) is 5.69 Å². The molecule has 0 saturated carbocycles. The summed E-state index contributed by atoms with van der Waals surface area (Å²) in [5, 5.41) is 3.72. The lowest BCUT2D eigenvalue weighted by Crippen LogP contribution is -3.11. The predicted octanol–water partition coefficient (Wildman–Crippen LogP) is 2.70. The highest BCUT2D eigenvalue weighted by Crippen LogP contribution is 2.26. The molecule has 0 aliphatic carbocycles. The number of carbonyl (C=O) groups is 2. The number of benzene rings is 2. The Kier molecular flexibility index (Phi) is 7.67. The van der Waals surface area contributed by atoms with Gasteiger partial charge in [0.1, 0.15) is 24.5 Å². The number of carbonyl (C=O) groups excluding carboxylic acids is 2.